The summed E-state index contributed by atoms with van der Waals surface area (Å²) < 4.78 is 10.8. The number of nitrogens with one attached hydrogen (secondary N) is 1. The fourth-order valence-corrected chi connectivity index (χ4v) is 3.36. The highest BCUT2D eigenvalue weighted by atomic mass is 32.1. The third-order valence-corrected chi connectivity index (χ3v) is 4.38. The minimum absolute atomic E-state index is 0.0475. The summed E-state index contributed by atoms with van der Waals surface area (Å²) in [7, 11) is 5.29. The molecular formula is C15H20N2O2S. The standard InChI is InChI=1S/C15H20N2O2S/c1-9-15(20-10(2)17-9)14(16-3)12-8-11(18-4)6-7-13(12)19-5/h6-8,14,16H,1-5H3. The fourth-order valence-electron chi connectivity index (χ4n) is 2.31. The summed E-state index contributed by atoms with van der Waals surface area (Å²) in [4.78, 5) is 5.72. The van der Waals surface area contributed by atoms with Gasteiger partial charge in [-0.15, -0.1) is 11.3 Å². The Morgan fingerprint density at radius 1 is 1.20 bits per heavy atom. The van der Waals surface area contributed by atoms with Crippen LogP contribution >= 0.6 is 11.3 Å². The van der Waals surface area contributed by atoms with Gasteiger partial charge in [0.25, 0.3) is 0 Å². The number of ether oxygens (including phenoxy) is 2. The van der Waals surface area contributed by atoms with Gasteiger partial charge in [0.1, 0.15) is 11.5 Å². The van der Waals surface area contributed by atoms with E-state index in [1.807, 2.05) is 39.1 Å². The number of thiazole rings is 1. The third-order valence-electron chi connectivity index (χ3n) is 3.24. The third kappa shape index (κ3) is 2.78. The lowest BCUT2D eigenvalue weighted by molar-refractivity contribution is 0.395. The number of aryl methyl sites for hydroxylation is 2. The molecule has 1 N–H and O–H groups in total. The molecule has 0 aliphatic carbocycles. The van der Waals surface area contributed by atoms with Crippen molar-refractivity contribution >= 4 is 11.3 Å². The lowest BCUT2D eigenvalue weighted by atomic mass is 10.0. The summed E-state index contributed by atoms with van der Waals surface area (Å²) in [6, 6.07) is 5.89. The first kappa shape index (κ1) is 14.8. The first-order valence-corrected chi connectivity index (χ1v) is 7.25. The van der Waals surface area contributed by atoms with Crippen LogP contribution in [-0.2, 0) is 0 Å². The van der Waals surface area contributed by atoms with Crippen LogP contribution in [0.1, 0.15) is 27.2 Å². The average molecular weight is 292 g/mol. The highest BCUT2D eigenvalue weighted by Crippen LogP contribution is 2.36. The van der Waals surface area contributed by atoms with Gasteiger partial charge in [-0.25, -0.2) is 4.98 Å². The zero-order valence-corrected chi connectivity index (χ0v) is 13.3. The topological polar surface area (TPSA) is 43.4 Å². The first-order chi connectivity index (χ1) is 9.60. The molecule has 0 aliphatic heterocycles. The number of rotatable bonds is 5. The van der Waals surface area contributed by atoms with Gasteiger partial charge in [0.2, 0.25) is 0 Å². The number of nitrogens with zero attached hydrogens (tertiary/aromatic N) is 1. The van der Waals surface area contributed by atoms with Crippen molar-refractivity contribution < 1.29 is 9.47 Å². The summed E-state index contributed by atoms with van der Waals surface area (Å²) in [6.45, 7) is 4.06. The van der Waals surface area contributed by atoms with Crippen molar-refractivity contribution in [2.24, 2.45) is 0 Å². The molecule has 0 bridgehead atoms. The maximum Gasteiger partial charge on any atom is 0.124 e. The van der Waals surface area contributed by atoms with Crippen molar-refractivity contribution in [1.82, 2.24) is 10.3 Å². The number of aromatic nitrogens is 1. The van der Waals surface area contributed by atoms with Gasteiger partial charge >= 0.3 is 0 Å². The van der Waals surface area contributed by atoms with Crippen LogP contribution in [0.4, 0.5) is 0 Å². The van der Waals surface area contributed by atoms with Crippen molar-refractivity contribution in [3.63, 3.8) is 0 Å². The second-order valence-electron chi connectivity index (χ2n) is 4.51. The molecule has 0 fully saturated rings. The molecule has 2 rings (SSSR count). The largest absolute Gasteiger partial charge is 0.497 e. The summed E-state index contributed by atoms with van der Waals surface area (Å²) in [5, 5.41) is 4.42. The van der Waals surface area contributed by atoms with E-state index in [0.29, 0.717) is 0 Å². The minimum atomic E-state index is 0.0475. The summed E-state index contributed by atoms with van der Waals surface area (Å²) in [5.74, 6) is 1.66. The molecule has 1 atom stereocenters. The van der Waals surface area contributed by atoms with E-state index in [4.69, 9.17) is 9.47 Å². The number of hydrogen-bond acceptors (Lipinski definition) is 5. The van der Waals surface area contributed by atoms with Crippen LogP contribution in [0.2, 0.25) is 0 Å². The smallest absolute Gasteiger partial charge is 0.124 e. The van der Waals surface area contributed by atoms with Crippen molar-refractivity contribution in [3.8, 4) is 11.5 Å². The maximum absolute atomic E-state index is 5.48. The van der Waals surface area contributed by atoms with Gasteiger partial charge in [-0.3, -0.25) is 0 Å². The van der Waals surface area contributed by atoms with E-state index >= 15 is 0 Å². The molecule has 1 heterocycles. The molecule has 0 saturated carbocycles. The monoisotopic (exact) mass is 292 g/mol. The van der Waals surface area contributed by atoms with Crippen molar-refractivity contribution in [2.45, 2.75) is 19.9 Å². The number of benzene rings is 1. The highest BCUT2D eigenvalue weighted by Gasteiger charge is 2.21. The van der Waals surface area contributed by atoms with E-state index in [2.05, 4.69) is 10.3 Å². The molecule has 0 aliphatic rings. The normalized spacial score (nSPS) is 12.2. The Labute approximate surface area is 123 Å². The summed E-state index contributed by atoms with van der Waals surface area (Å²) >= 11 is 1.70. The predicted octanol–water partition coefficient (Wildman–Crippen LogP) is 3.09. The Morgan fingerprint density at radius 3 is 2.45 bits per heavy atom. The molecule has 108 valence electrons. The SMILES string of the molecule is CNC(c1cc(OC)ccc1OC)c1sc(C)nc1C. The molecular weight excluding hydrogens is 272 g/mol. The molecule has 0 spiro atoms. The molecule has 1 unspecified atom stereocenters. The summed E-state index contributed by atoms with van der Waals surface area (Å²) in [6.07, 6.45) is 0. The van der Waals surface area contributed by atoms with Crippen LogP contribution in [0.5, 0.6) is 11.5 Å². The first-order valence-electron chi connectivity index (χ1n) is 6.43. The van der Waals surface area contributed by atoms with Crippen molar-refractivity contribution in [1.29, 1.82) is 0 Å². The molecule has 4 nitrogen and oxygen atoms in total. The maximum atomic E-state index is 5.48. The van der Waals surface area contributed by atoms with Gasteiger partial charge in [-0.1, -0.05) is 0 Å². The van der Waals surface area contributed by atoms with Gasteiger partial charge in [-0.05, 0) is 39.1 Å². The molecule has 0 saturated heterocycles. The van der Waals surface area contributed by atoms with Gasteiger partial charge in [0.15, 0.2) is 0 Å². The number of hydrogen-bond donors (Lipinski definition) is 1. The molecule has 1 aromatic heterocycles. The zero-order valence-electron chi connectivity index (χ0n) is 12.5. The van der Waals surface area contributed by atoms with Crippen LogP contribution in [0.3, 0.4) is 0 Å². The summed E-state index contributed by atoms with van der Waals surface area (Å²) in [5.41, 5.74) is 2.11. The zero-order chi connectivity index (χ0) is 14.7. The Hall–Kier alpha value is -1.59. The van der Waals surface area contributed by atoms with E-state index in [0.717, 1.165) is 27.8 Å². The Bertz CT molecular complexity index is 596. The van der Waals surface area contributed by atoms with E-state index in [9.17, 15) is 0 Å². The van der Waals surface area contributed by atoms with Gasteiger partial charge < -0.3 is 14.8 Å². The fraction of sp³-hybridized carbons (Fsp3) is 0.400. The Kier molecular flexibility index (Phi) is 4.62. The van der Waals surface area contributed by atoms with E-state index < -0.39 is 0 Å². The lowest BCUT2D eigenvalue weighted by Crippen LogP contribution is -2.18. The van der Waals surface area contributed by atoms with Crippen LogP contribution < -0.4 is 14.8 Å². The molecule has 2 aromatic rings. The van der Waals surface area contributed by atoms with Gasteiger partial charge in [0.05, 0.1) is 31.0 Å². The van der Waals surface area contributed by atoms with E-state index in [-0.39, 0.29) is 6.04 Å². The van der Waals surface area contributed by atoms with E-state index in [1.165, 1.54) is 4.88 Å². The van der Waals surface area contributed by atoms with Crippen molar-refractivity contribution in [3.05, 3.63) is 39.3 Å². The molecule has 0 radical (unpaired) electrons. The number of methoxy groups -OCH3 is 2. The van der Waals surface area contributed by atoms with Crippen LogP contribution in [0, 0.1) is 13.8 Å². The lowest BCUT2D eigenvalue weighted by Gasteiger charge is -2.19. The molecule has 1 aromatic carbocycles. The van der Waals surface area contributed by atoms with Gasteiger partial charge in [0, 0.05) is 10.4 Å². The average Bonchev–Trinajstić information content (AvgIpc) is 2.78. The quantitative estimate of drug-likeness (QED) is 0.919. The molecule has 5 heteroatoms. The highest BCUT2D eigenvalue weighted by molar-refractivity contribution is 7.11. The predicted molar refractivity (Wildman–Crippen MR) is 82.0 cm³/mol. The van der Waals surface area contributed by atoms with E-state index in [1.54, 1.807) is 25.6 Å². The Morgan fingerprint density at radius 2 is 1.95 bits per heavy atom. The second-order valence-corrected chi connectivity index (χ2v) is 5.75. The van der Waals surface area contributed by atoms with Crippen LogP contribution in [-0.4, -0.2) is 26.3 Å². The minimum Gasteiger partial charge on any atom is -0.497 e. The molecule has 0 amide bonds. The van der Waals surface area contributed by atoms with Crippen LogP contribution in [0.25, 0.3) is 0 Å². The molecule has 20 heavy (non-hydrogen) atoms. The Balaban J connectivity index is 2.53. The van der Waals surface area contributed by atoms with Crippen molar-refractivity contribution in [2.75, 3.05) is 21.3 Å². The van der Waals surface area contributed by atoms with Gasteiger partial charge in [-0.2, -0.15) is 0 Å². The second kappa shape index (κ2) is 6.24. The van der Waals surface area contributed by atoms with Crippen LogP contribution in [0.15, 0.2) is 18.2 Å².